The minimum Gasteiger partial charge on any atom is -0.493 e. The van der Waals surface area contributed by atoms with Crippen molar-refractivity contribution >= 4 is 11.6 Å². The molecule has 3 aromatic rings. The number of carbonyl (C=O) groups excluding carboxylic acids is 1. The van der Waals surface area contributed by atoms with Crippen molar-refractivity contribution in [2.45, 2.75) is 18.9 Å². The van der Waals surface area contributed by atoms with Gasteiger partial charge in [-0.1, -0.05) is 24.3 Å². The van der Waals surface area contributed by atoms with Crippen molar-refractivity contribution in [3.63, 3.8) is 0 Å². The third-order valence-corrected chi connectivity index (χ3v) is 4.99. The smallest absolute Gasteiger partial charge is 0.259 e. The maximum Gasteiger partial charge on any atom is 0.259 e. The summed E-state index contributed by atoms with van der Waals surface area (Å²) in [5.74, 6) is 2.23. The Morgan fingerprint density at radius 3 is 2.39 bits per heavy atom. The van der Waals surface area contributed by atoms with Crippen LogP contribution in [0.25, 0.3) is 0 Å². The molecule has 1 fully saturated rings. The third kappa shape index (κ3) is 5.35. The normalized spacial score (nSPS) is 15.3. The van der Waals surface area contributed by atoms with E-state index in [2.05, 4.69) is 5.32 Å². The second kappa shape index (κ2) is 10.00. The highest BCUT2D eigenvalue weighted by Gasteiger charge is 2.18. The van der Waals surface area contributed by atoms with E-state index in [1.54, 1.807) is 43.5 Å². The molecule has 1 unspecified atom stereocenters. The summed E-state index contributed by atoms with van der Waals surface area (Å²) >= 11 is 0. The van der Waals surface area contributed by atoms with Crippen molar-refractivity contribution in [2.24, 2.45) is 0 Å². The summed E-state index contributed by atoms with van der Waals surface area (Å²) in [7, 11) is 1.60. The fourth-order valence-corrected chi connectivity index (χ4v) is 3.37. The lowest BCUT2D eigenvalue weighted by Gasteiger charge is -2.15. The van der Waals surface area contributed by atoms with Gasteiger partial charge in [-0.2, -0.15) is 0 Å². The van der Waals surface area contributed by atoms with Gasteiger partial charge in [-0.15, -0.1) is 0 Å². The fraction of sp³-hybridized carbons (Fsp3) is 0.240. The first-order valence-corrected chi connectivity index (χ1v) is 10.3. The van der Waals surface area contributed by atoms with Crippen molar-refractivity contribution in [1.29, 1.82) is 0 Å². The zero-order chi connectivity index (χ0) is 21.5. The lowest BCUT2D eigenvalue weighted by Crippen LogP contribution is -2.19. The molecular formula is C25H25NO5. The average Bonchev–Trinajstić information content (AvgIpc) is 3.33. The molecule has 0 aromatic heterocycles. The molecule has 3 aromatic carbocycles. The summed E-state index contributed by atoms with van der Waals surface area (Å²) in [5.41, 5.74) is 1.14. The van der Waals surface area contributed by atoms with Gasteiger partial charge in [0.15, 0.2) is 11.5 Å². The van der Waals surface area contributed by atoms with E-state index in [0.717, 1.165) is 19.4 Å². The highest BCUT2D eigenvalue weighted by molar-refractivity contribution is 6.06. The van der Waals surface area contributed by atoms with E-state index >= 15 is 0 Å². The summed E-state index contributed by atoms with van der Waals surface area (Å²) in [5, 5.41) is 2.91. The Labute approximate surface area is 181 Å². The van der Waals surface area contributed by atoms with Crippen molar-refractivity contribution in [3.8, 4) is 23.0 Å². The minimum absolute atomic E-state index is 0.0897. The molecular weight excluding hydrogens is 394 g/mol. The number of para-hydroxylation sites is 3. The van der Waals surface area contributed by atoms with Gasteiger partial charge in [-0.25, -0.2) is 0 Å². The monoisotopic (exact) mass is 419 g/mol. The maximum atomic E-state index is 12.8. The third-order valence-electron chi connectivity index (χ3n) is 4.99. The number of ether oxygens (including phenoxy) is 4. The van der Waals surface area contributed by atoms with Crippen LogP contribution in [0.15, 0.2) is 72.8 Å². The lowest BCUT2D eigenvalue weighted by molar-refractivity contribution is 0.0673. The molecule has 1 aliphatic rings. The van der Waals surface area contributed by atoms with Crippen LogP contribution in [0, 0.1) is 0 Å². The average molecular weight is 419 g/mol. The summed E-state index contributed by atoms with van der Waals surface area (Å²) in [6, 6.07) is 21.8. The molecule has 1 amide bonds. The molecule has 0 spiro atoms. The Kier molecular flexibility index (Phi) is 6.69. The number of benzene rings is 3. The maximum absolute atomic E-state index is 12.8. The van der Waals surface area contributed by atoms with Crippen LogP contribution in [-0.4, -0.2) is 32.3 Å². The molecule has 4 rings (SSSR count). The second-order valence-electron chi connectivity index (χ2n) is 7.17. The van der Waals surface area contributed by atoms with Crippen LogP contribution >= 0.6 is 0 Å². The van der Waals surface area contributed by atoms with Gasteiger partial charge >= 0.3 is 0 Å². The van der Waals surface area contributed by atoms with Crippen molar-refractivity contribution in [2.75, 3.05) is 25.6 Å². The first-order valence-electron chi connectivity index (χ1n) is 10.3. The van der Waals surface area contributed by atoms with E-state index in [1.807, 2.05) is 36.4 Å². The molecule has 1 N–H and O–H groups in total. The molecule has 0 bridgehead atoms. The molecule has 1 saturated heterocycles. The summed E-state index contributed by atoms with van der Waals surface area (Å²) in [6.07, 6.45) is 2.12. The molecule has 1 aliphatic heterocycles. The van der Waals surface area contributed by atoms with Gasteiger partial charge in [-0.05, 0) is 61.4 Å². The number of amides is 1. The Morgan fingerprint density at radius 2 is 1.68 bits per heavy atom. The van der Waals surface area contributed by atoms with Crippen LogP contribution in [0.1, 0.15) is 23.2 Å². The van der Waals surface area contributed by atoms with Crippen LogP contribution in [0.5, 0.6) is 23.0 Å². The van der Waals surface area contributed by atoms with E-state index in [-0.39, 0.29) is 12.0 Å². The number of nitrogens with one attached hydrogen (secondary N) is 1. The molecule has 6 heteroatoms. The molecule has 1 heterocycles. The van der Waals surface area contributed by atoms with Crippen LogP contribution in [0.3, 0.4) is 0 Å². The quantitative estimate of drug-likeness (QED) is 0.537. The first-order chi connectivity index (χ1) is 15.2. The van der Waals surface area contributed by atoms with Crippen molar-refractivity contribution in [3.05, 3.63) is 78.4 Å². The highest BCUT2D eigenvalue weighted by Crippen LogP contribution is 2.31. The molecule has 0 saturated carbocycles. The minimum atomic E-state index is -0.235. The number of anilines is 1. The largest absolute Gasteiger partial charge is 0.493 e. The summed E-state index contributed by atoms with van der Waals surface area (Å²) in [4.78, 5) is 12.8. The van der Waals surface area contributed by atoms with Gasteiger partial charge in [0.1, 0.15) is 18.1 Å². The van der Waals surface area contributed by atoms with E-state index in [4.69, 9.17) is 18.9 Å². The number of hydrogen-bond acceptors (Lipinski definition) is 5. The van der Waals surface area contributed by atoms with Crippen LogP contribution in [0.4, 0.5) is 5.69 Å². The molecule has 0 radical (unpaired) electrons. The van der Waals surface area contributed by atoms with Gasteiger partial charge in [0.25, 0.3) is 5.91 Å². The van der Waals surface area contributed by atoms with Gasteiger partial charge in [0.2, 0.25) is 0 Å². The topological polar surface area (TPSA) is 66.0 Å². The zero-order valence-electron chi connectivity index (χ0n) is 17.4. The predicted octanol–water partition coefficient (Wildman–Crippen LogP) is 5.30. The Morgan fingerprint density at radius 1 is 0.968 bits per heavy atom. The molecule has 1 atom stereocenters. The molecule has 6 nitrogen and oxygen atoms in total. The predicted molar refractivity (Wildman–Crippen MR) is 118 cm³/mol. The zero-order valence-corrected chi connectivity index (χ0v) is 17.4. The highest BCUT2D eigenvalue weighted by atomic mass is 16.5. The van der Waals surface area contributed by atoms with Gasteiger partial charge in [0.05, 0.1) is 18.8 Å². The first kappa shape index (κ1) is 20.8. The molecule has 160 valence electrons. The van der Waals surface area contributed by atoms with E-state index in [0.29, 0.717) is 40.9 Å². The summed E-state index contributed by atoms with van der Waals surface area (Å²) in [6.45, 7) is 1.21. The van der Waals surface area contributed by atoms with E-state index in [1.165, 1.54) is 0 Å². The van der Waals surface area contributed by atoms with Gasteiger partial charge in [0, 0.05) is 12.3 Å². The molecule has 0 aliphatic carbocycles. The standard InChI is InChI=1S/C25H25NO5/c1-28-23-10-4-5-11-24(23)31-19-14-12-18(13-15-19)26-25(27)21-8-2-3-9-22(21)30-17-20-7-6-16-29-20/h2-5,8-15,20H,6-7,16-17H2,1H3,(H,26,27). The molecule has 31 heavy (non-hydrogen) atoms. The Bertz CT molecular complexity index is 1010. The second-order valence-corrected chi connectivity index (χ2v) is 7.17. The SMILES string of the molecule is COc1ccccc1Oc1ccc(NC(=O)c2ccccc2OCC2CCCO2)cc1. The van der Waals surface area contributed by atoms with Gasteiger partial charge in [-0.3, -0.25) is 4.79 Å². The van der Waals surface area contributed by atoms with Gasteiger partial charge < -0.3 is 24.3 Å². The van der Waals surface area contributed by atoms with Crippen LogP contribution in [-0.2, 0) is 4.74 Å². The van der Waals surface area contributed by atoms with Crippen LogP contribution in [0.2, 0.25) is 0 Å². The van der Waals surface area contributed by atoms with E-state index in [9.17, 15) is 4.79 Å². The number of hydrogen-bond donors (Lipinski definition) is 1. The lowest BCUT2D eigenvalue weighted by atomic mass is 10.1. The Balaban J connectivity index is 1.39. The fourth-order valence-electron chi connectivity index (χ4n) is 3.37. The van der Waals surface area contributed by atoms with E-state index < -0.39 is 0 Å². The summed E-state index contributed by atoms with van der Waals surface area (Å²) < 4.78 is 22.6. The Hall–Kier alpha value is -3.51. The number of carbonyl (C=O) groups is 1. The number of methoxy groups -OCH3 is 1. The number of rotatable bonds is 8. The van der Waals surface area contributed by atoms with Crippen LogP contribution < -0.4 is 19.5 Å². The van der Waals surface area contributed by atoms with Crippen molar-refractivity contribution in [1.82, 2.24) is 0 Å². The van der Waals surface area contributed by atoms with Crippen molar-refractivity contribution < 1.29 is 23.7 Å².